The highest BCUT2D eigenvalue weighted by atomic mass is 16.3. The van der Waals surface area contributed by atoms with Crippen LogP contribution in [0.2, 0.25) is 0 Å². The summed E-state index contributed by atoms with van der Waals surface area (Å²) >= 11 is 0. The van der Waals surface area contributed by atoms with Crippen LogP contribution in [-0.2, 0) is 4.79 Å². The molecule has 2 heteroatoms. The average Bonchev–Trinajstić information content (AvgIpc) is 2.77. The molecule has 0 spiro atoms. The quantitative estimate of drug-likeness (QED) is 0.735. The molecule has 4 rings (SSSR count). The van der Waals surface area contributed by atoms with E-state index in [1.807, 2.05) is 6.08 Å². The van der Waals surface area contributed by atoms with Crippen LogP contribution in [0.5, 0.6) is 0 Å². The molecule has 1 N–H and O–H groups in total. The number of hydrogen-bond acceptors (Lipinski definition) is 2. The van der Waals surface area contributed by atoms with Gasteiger partial charge in [-0.05, 0) is 79.6 Å². The van der Waals surface area contributed by atoms with Gasteiger partial charge in [0, 0.05) is 7.79 Å². The zero-order valence-corrected chi connectivity index (χ0v) is 13.3. The first-order valence-electron chi connectivity index (χ1n) is 9.29. The Morgan fingerprint density at radius 1 is 1.19 bits per heavy atom. The van der Waals surface area contributed by atoms with Crippen molar-refractivity contribution in [1.29, 1.82) is 0 Å². The van der Waals surface area contributed by atoms with Crippen LogP contribution in [-0.4, -0.2) is 17.0 Å². The van der Waals surface area contributed by atoms with Crippen molar-refractivity contribution in [3.05, 3.63) is 11.6 Å². The molecule has 0 aromatic carbocycles. The molecule has 0 saturated heterocycles. The first-order valence-corrected chi connectivity index (χ1v) is 8.71. The molecule has 3 fully saturated rings. The fraction of sp³-hybridized carbons (Fsp3) is 0.842. The van der Waals surface area contributed by atoms with Crippen molar-refractivity contribution in [1.82, 2.24) is 0 Å². The number of rotatable bonds is 0. The van der Waals surface area contributed by atoms with E-state index in [-0.39, 0.29) is 29.1 Å². The maximum absolute atomic E-state index is 11.9. The largest absolute Gasteiger partial charge is 0.393 e. The summed E-state index contributed by atoms with van der Waals surface area (Å²) in [5.41, 5.74) is 1.25. The molecule has 21 heavy (non-hydrogen) atoms. The Bertz CT molecular complexity index is 542. The molecule has 0 aromatic heterocycles. The van der Waals surface area contributed by atoms with Gasteiger partial charge in [-0.15, -0.1) is 0 Å². The van der Waals surface area contributed by atoms with Gasteiger partial charge >= 0.3 is 0 Å². The van der Waals surface area contributed by atoms with E-state index in [1.165, 1.54) is 5.57 Å². The molecule has 4 aliphatic carbocycles. The monoisotopic (exact) mass is 289 g/mol. The molecule has 0 aliphatic heterocycles. The number of fused-ring (bicyclic) bond motifs is 5. The Morgan fingerprint density at radius 3 is 2.81 bits per heavy atom. The van der Waals surface area contributed by atoms with Crippen LogP contribution in [0, 0.1) is 28.6 Å². The first kappa shape index (κ1) is 12.9. The SMILES string of the molecule is [2H][C@H]1CC(=O)C=C2CC[C@H]3[C@@H]4CC[C@H](O)[C@@]4(C)CC[C@@H]3[C@]21C. The summed E-state index contributed by atoms with van der Waals surface area (Å²) in [5, 5.41) is 10.5. The van der Waals surface area contributed by atoms with Gasteiger partial charge in [0.05, 0.1) is 6.10 Å². The van der Waals surface area contributed by atoms with Gasteiger partial charge in [-0.3, -0.25) is 4.79 Å². The summed E-state index contributed by atoms with van der Waals surface area (Å²) in [5.74, 6) is 1.94. The highest BCUT2D eigenvalue weighted by Crippen LogP contribution is 2.65. The Morgan fingerprint density at radius 2 is 2.00 bits per heavy atom. The van der Waals surface area contributed by atoms with Crippen molar-refractivity contribution in [2.24, 2.45) is 28.6 Å². The molecule has 0 heterocycles. The van der Waals surface area contributed by atoms with Gasteiger partial charge < -0.3 is 5.11 Å². The summed E-state index contributed by atoms with van der Waals surface area (Å²) in [6.07, 6.45) is 8.30. The number of hydrogen-bond donors (Lipinski definition) is 1. The molecule has 0 amide bonds. The third-order valence-electron chi connectivity index (χ3n) is 7.66. The second-order valence-corrected chi connectivity index (χ2v) is 8.38. The van der Waals surface area contributed by atoms with Gasteiger partial charge in [-0.2, -0.15) is 0 Å². The maximum Gasteiger partial charge on any atom is 0.155 e. The van der Waals surface area contributed by atoms with E-state index in [9.17, 15) is 9.90 Å². The smallest absolute Gasteiger partial charge is 0.155 e. The Kier molecular flexibility index (Phi) is 2.72. The molecule has 0 unspecified atom stereocenters. The summed E-state index contributed by atoms with van der Waals surface area (Å²) in [6.45, 7) is 4.55. The fourth-order valence-corrected chi connectivity index (χ4v) is 6.31. The molecular weight excluding hydrogens is 260 g/mol. The van der Waals surface area contributed by atoms with Crippen molar-refractivity contribution >= 4 is 5.78 Å². The van der Waals surface area contributed by atoms with Crippen LogP contribution in [0.4, 0.5) is 0 Å². The molecule has 0 aromatic rings. The van der Waals surface area contributed by atoms with Crippen molar-refractivity contribution in [2.45, 2.75) is 71.3 Å². The van der Waals surface area contributed by atoms with E-state index in [0.29, 0.717) is 24.2 Å². The summed E-state index contributed by atoms with van der Waals surface area (Å²) in [6, 6.07) is 0. The number of aliphatic hydroxyl groups is 1. The summed E-state index contributed by atoms with van der Waals surface area (Å²) in [7, 11) is 0. The predicted octanol–water partition coefficient (Wildman–Crippen LogP) is 3.88. The summed E-state index contributed by atoms with van der Waals surface area (Å²) in [4.78, 5) is 11.9. The van der Waals surface area contributed by atoms with E-state index in [4.69, 9.17) is 1.37 Å². The zero-order chi connectivity index (χ0) is 15.7. The molecule has 4 aliphatic rings. The van der Waals surface area contributed by atoms with Crippen molar-refractivity contribution < 1.29 is 11.3 Å². The molecular formula is C19H28O2. The zero-order valence-electron chi connectivity index (χ0n) is 14.3. The predicted molar refractivity (Wildman–Crippen MR) is 82.7 cm³/mol. The van der Waals surface area contributed by atoms with Gasteiger partial charge in [0.1, 0.15) is 0 Å². The minimum atomic E-state index is -0.275. The minimum Gasteiger partial charge on any atom is -0.393 e. The second-order valence-electron chi connectivity index (χ2n) is 8.38. The highest BCUT2D eigenvalue weighted by molar-refractivity contribution is 5.91. The third kappa shape index (κ3) is 1.78. The number of carbonyl (C=O) groups excluding carboxylic acids is 1. The van der Waals surface area contributed by atoms with Gasteiger partial charge in [0.2, 0.25) is 0 Å². The van der Waals surface area contributed by atoms with Gasteiger partial charge in [-0.25, -0.2) is 0 Å². The lowest BCUT2D eigenvalue weighted by Gasteiger charge is -2.57. The standard InChI is InChI=1S/C19H28O2/c1-18-9-7-13(20)11-12(18)3-4-14-15-5-6-17(21)19(15,2)10-8-16(14)18/h11,14-17,21H,3-10H2,1-2H3/t14-,15-,16-,17-,18-,19-/m0/s1/i9D/t9-,14-,15-,16-,17-,18-,19-. The number of ketones is 1. The van der Waals surface area contributed by atoms with Crippen molar-refractivity contribution in [3.63, 3.8) is 0 Å². The van der Waals surface area contributed by atoms with Crippen LogP contribution in [0.3, 0.4) is 0 Å². The lowest BCUT2D eigenvalue weighted by Crippen LogP contribution is -2.51. The highest BCUT2D eigenvalue weighted by Gasteiger charge is 2.58. The lowest BCUT2D eigenvalue weighted by molar-refractivity contribution is -0.118. The average molecular weight is 289 g/mol. The number of carbonyl (C=O) groups is 1. The first-order chi connectivity index (χ1) is 10.4. The lowest BCUT2D eigenvalue weighted by atomic mass is 9.47. The maximum atomic E-state index is 11.9. The molecule has 116 valence electrons. The van der Waals surface area contributed by atoms with E-state index >= 15 is 0 Å². The van der Waals surface area contributed by atoms with Crippen molar-refractivity contribution in [2.75, 3.05) is 0 Å². The molecule has 7 atom stereocenters. The van der Waals surface area contributed by atoms with Crippen LogP contribution < -0.4 is 0 Å². The Labute approximate surface area is 129 Å². The van der Waals surface area contributed by atoms with Crippen molar-refractivity contribution in [3.8, 4) is 0 Å². The van der Waals surface area contributed by atoms with Gasteiger partial charge in [0.15, 0.2) is 5.78 Å². The molecule has 0 bridgehead atoms. The van der Waals surface area contributed by atoms with E-state index in [1.54, 1.807) is 0 Å². The minimum absolute atomic E-state index is 0.0980. The van der Waals surface area contributed by atoms with E-state index in [0.717, 1.165) is 38.5 Å². The van der Waals surface area contributed by atoms with Crippen LogP contribution in [0.25, 0.3) is 0 Å². The Balaban J connectivity index is 1.72. The Hall–Kier alpha value is -0.630. The number of aliphatic hydroxyl groups excluding tert-OH is 1. The van der Waals surface area contributed by atoms with Crippen LogP contribution >= 0.6 is 0 Å². The third-order valence-corrected chi connectivity index (χ3v) is 7.66. The summed E-state index contributed by atoms with van der Waals surface area (Å²) < 4.78 is 8.61. The fourth-order valence-electron chi connectivity index (χ4n) is 6.31. The normalized spacial score (nSPS) is 56.9. The topological polar surface area (TPSA) is 37.3 Å². The molecule has 0 radical (unpaired) electrons. The van der Waals surface area contributed by atoms with E-state index in [2.05, 4.69) is 13.8 Å². The number of allylic oxidation sites excluding steroid dienone is 1. The second kappa shape index (κ2) is 4.44. The molecule has 2 nitrogen and oxygen atoms in total. The van der Waals surface area contributed by atoms with Gasteiger partial charge in [0.25, 0.3) is 0 Å². The van der Waals surface area contributed by atoms with Crippen LogP contribution in [0.1, 0.15) is 66.6 Å². The van der Waals surface area contributed by atoms with E-state index < -0.39 is 0 Å². The van der Waals surface area contributed by atoms with Crippen LogP contribution in [0.15, 0.2) is 11.6 Å². The molecule has 3 saturated carbocycles. The van der Waals surface area contributed by atoms with Gasteiger partial charge in [-0.1, -0.05) is 19.4 Å².